The van der Waals surface area contributed by atoms with Crippen LogP contribution in [0.25, 0.3) is 0 Å². The van der Waals surface area contributed by atoms with Gasteiger partial charge in [-0.25, -0.2) is 0 Å². The van der Waals surface area contributed by atoms with Gasteiger partial charge in [0.15, 0.2) is 0 Å². The number of carbonyl (C=O) groups excluding carboxylic acids is 1. The summed E-state index contributed by atoms with van der Waals surface area (Å²) in [6.45, 7) is 2.02. The maximum atomic E-state index is 12.6. The molecule has 0 N–H and O–H groups in total. The molecule has 20 heavy (non-hydrogen) atoms. The van der Waals surface area contributed by atoms with E-state index >= 15 is 0 Å². The third-order valence-corrected chi connectivity index (χ3v) is 6.08. The Hall–Kier alpha value is -1.13. The molecule has 0 fully saturated rings. The molecule has 1 amide bonds. The van der Waals surface area contributed by atoms with E-state index < -0.39 is 0 Å². The summed E-state index contributed by atoms with van der Waals surface area (Å²) in [5.41, 5.74) is 3.80. The van der Waals surface area contributed by atoms with Gasteiger partial charge < -0.3 is 4.90 Å². The molecule has 1 atom stereocenters. The predicted molar refractivity (Wildman–Crippen MR) is 86.4 cm³/mol. The van der Waals surface area contributed by atoms with Crippen LogP contribution in [0, 0.1) is 6.92 Å². The predicted octanol–water partition coefficient (Wildman–Crippen LogP) is 4.58. The number of halogens is 1. The molecule has 0 radical (unpaired) electrons. The van der Waals surface area contributed by atoms with Gasteiger partial charge in [-0.1, -0.05) is 24.3 Å². The van der Waals surface area contributed by atoms with Crippen LogP contribution in [0.4, 0.5) is 0 Å². The van der Waals surface area contributed by atoms with Crippen LogP contribution in [0.3, 0.4) is 0 Å². The number of carbonyl (C=O) groups is 1. The smallest absolute Gasteiger partial charge is 0.264 e. The lowest BCUT2D eigenvalue weighted by Gasteiger charge is -2.25. The van der Waals surface area contributed by atoms with E-state index in [2.05, 4.69) is 40.2 Å². The monoisotopic (exact) mass is 349 g/mol. The van der Waals surface area contributed by atoms with Crippen molar-refractivity contribution < 1.29 is 4.79 Å². The van der Waals surface area contributed by atoms with E-state index in [1.807, 2.05) is 24.9 Å². The van der Waals surface area contributed by atoms with Gasteiger partial charge in [0.1, 0.15) is 0 Å². The van der Waals surface area contributed by atoms with Gasteiger partial charge in [0.25, 0.3) is 5.91 Å². The molecule has 104 valence electrons. The molecule has 2 aromatic rings. The number of thiophene rings is 1. The van der Waals surface area contributed by atoms with E-state index in [0.29, 0.717) is 0 Å². The van der Waals surface area contributed by atoms with Gasteiger partial charge >= 0.3 is 0 Å². The fourth-order valence-electron chi connectivity index (χ4n) is 2.82. The van der Waals surface area contributed by atoms with Crippen molar-refractivity contribution in [3.63, 3.8) is 0 Å². The Morgan fingerprint density at radius 2 is 2.15 bits per heavy atom. The topological polar surface area (TPSA) is 20.3 Å². The maximum Gasteiger partial charge on any atom is 0.264 e. The average molecular weight is 350 g/mol. The zero-order valence-electron chi connectivity index (χ0n) is 11.5. The van der Waals surface area contributed by atoms with E-state index in [0.717, 1.165) is 27.1 Å². The maximum absolute atomic E-state index is 12.6. The first-order valence-electron chi connectivity index (χ1n) is 6.69. The number of nitrogens with zero attached hydrogens (tertiary/aromatic N) is 1. The van der Waals surface area contributed by atoms with Crippen molar-refractivity contribution in [2.24, 2.45) is 0 Å². The lowest BCUT2D eigenvalue weighted by Crippen LogP contribution is -2.29. The summed E-state index contributed by atoms with van der Waals surface area (Å²) in [5, 5.41) is 0. The van der Waals surface area contributed by atoms with Crippen LogP contribution in [0.5, 0.6) is 0 Å². The number of benzene rings is 1. The molecule has 0 saturated heterocycles. The molecule has 0 spiro atoms. The highest BCUT2D eigenvalue weighted by atomic mass is 79.9. The number of aryl methyl sites for hydroxylation is 2. The van der Waals surface area contributed by atoms with E-state index in [4.69, 9.17) is 0 Å². The Kier molecular flexibility index (Phi) is 3.69. The van der Waals surface area contributed by atoms with Gasteiger partial charge in [0.2, 0.25) is 0 Å². The molecule has 4 heteroatoms. The van der Waals surface area contributed by atoms with Gasteiger partial charge in [-0.2, -0.15) is 0 Å². The number of hydrogen-bond acceptors (Lipinski definition) is 2. The Labute approximate surface area is 131 Å². The lowest BCUT2D eigenvalue weighted by atomic mass is 10.1. The Morgan fingerprint density at radius 3 is 2.85 bits per heavy atom. The SMILES string of the molecule is Cc1cc(C(=O)N(C)C2CCc3ccccc32)sc1Br. The number of hydrogen-bond donors (Lipinski definition) is 0. The van der Waals surface area contributed by atoms with Crippen molar-refractivity contribution in [3.8, 4) is 0 Å². The van der Waals surface area contributed by atoms with E-state index in [1.54, 1.807) is 0 Å². The molecule has 2 nitrogen and oxygen atoms in total. The van der Waals surface area contributed by atoms with Crippen LogP contribution in [0.2, 0.25) is 0 Å². The molecule has 0 saturated carbocycles. The minimum Gasteiger partial charge on any atom is -0.334 e. The van der Waals surface area contributed by atoms with Crippen molar-refractivity contribution in [2.45, 2.75) is 25.8 Å². The van der Waals surface area contributed by atoms with Crippen LogP contribution in [0.15, 0.2) is 34.1 Å². The summed E-state index contributed by atoms with van der Waals surface area (Å²) in [6, 6.07) is 10.6. The third kappa shape index (κ3) is 2.31. The van der Waals surface area contributed by atoms with E-state index in [1.165, 1.54) is 22.5 Å². The highest BCUT2D eigenvalue weighted by molar-refractivity contribution is 9.11. The number of amides is 1. The summed E-state index contributed by atoms with van der Waals surface area (Å²) in [5.74, 6) is 0.116. The highest BCUT2D eigenvalue weighted by Gasteiger charge is 2.29. The Bertz CT molecular complexity index is 645. The van der Waals surface area contributed by atoms with Crippen molar-refractivity contribution in [1.82, 2.24) is 4.90 Å². The fraction of sp³-hybridized carbons (Fsp3) is 0.312. The normalized spacial score (nSPS) is 17.1. The zero-order chi connectivity index (χ0) is 14.3. The molecule has 1 aromatic heterocycles. The third-order valence-electron chi connectivity index (χ3n) is 3.96. The molecule has 0 aliphatic heterocycles. The van der Waals surface area contributed by atoms with Gasteiger partial charge in [0.05, 0.1) is 14.7 Å². The lowest BCUT2D eigenvalue weighted by molar-refractivity contribution is 0.0735. The molecular weight excluding hydrogens is 334 g/mol. The van der Waals surface area contributed by atoms with E-state index in [9.17, 15) is 4.79 Å². The number of fused-ring (bicyclic) bond motifs is 1. The zero-order valence-corrected chi connectivity index (χ0v) is 13.9. The standard InChI is InChI=1S/C16H16BrNOS/c1-10-9-14(20-15(10)17)16(19)18(2)13-8-7-11-5-3-4-6-12(11)13/h3-6,9,13H,7-8H2,1-2H3. The molecule has 0 bridgehead atoms. The summed E-state index contributed by atoms with van der Waals surface area (Å²) >= 11 is 5.01. The number of rotatable bonds is 2. The van der Waals surface area contributed by atoms with Crippen LogP contribution in [0.1, 0.15) is 38.8 Å². The molecule has 1 aliphatic carbocycles. The van der Waals surface area contributed by atoms with Crippen LogP contribution >= 0.6 is 27.3 Å². The molecule has 1 aromatic carbocycles. The first-order valence-corrected chi connectivity index (χ1v) is 8.30. The van der Waals surface area contributed by atoms with Crippen LogP contribution in [-0.2, 0) is 6.42 Å². The first-order chi connectivity index (χ1) is 9.58. The Balaban J connectivity index is 1.87. The first kappa shape index (κ1) is 13.8. The minimum absolute atomic E-state index is 0.116. The minimum atomic E-state index is 0.116. The van der Waals surface area contributed by atoms with Gasteiger partial charge in [-0.05, 0) is 58.5 Å². The Morgan fingerprint density at radius 1 is 1.40 bits per heavy atom. The van der Waals surface area contributed by atoms with Crippen molar-refractivity contribution >= 4 is 33.2 Å². The van der Waals surface area contributed by atoms with Gasteiger partial charge in [-0.3, -0.25) is 4.79 Å². The second-order valence-electron chi connectivity index (χ2n) is 5.24. The van der Waals surface area contributed by atoms with E-state index in [-0.39, 0.29) is 11.9 Å². The molecule has 3 rings (SSSR count). The van der Waals surface area contributed by atoms with Crippen LogP contribution < -0.4 is 0 Å². The summed E-state index contributed by atoms with van der Waals surface area (Å²) in [6.07, 6.45) is 2.08. The van der Waals surface area contributed by atoms with Gasteiger partial charge in [-0.15, -0.1) is 11.3 Å². The summed E-state index contributed by atoms with van der Waals surface area (Å²) in [7, 11) is 1.91. The van der Waals surface area contributed by atoms with Crippen molar-refractivity contribution in [1.29, 1.82) is 0 Å². The van der Waals surface area contributed by atoms with Crippen LogP contribution in [-0.4, -0.2) is 17.9 Å². The highest BCUT2D eigenvalue weighted by Crippen LogP contribution is 2.36. The summed E-state index contributed by atoms with van der Waals surface area (Å²) < 4.78 is 1.04. The second kappa shape index (κ2) is 5.34. The second-order valence-corrected chi connectivity index (χ2v) is 7.61. The molecule has 1 heterocycles. The molecule has 1 unspecified atom stereocenters. The van der Waals surface area contributed by atoms with Gasteiger partial charge in [0, 0.05) is 7.05 Å². The van der Waals surface area contributed by atoms with Crippen molar-refractivity contribution in [3.05, 3.63) is 55.7 Å². The average Bonchev–Trinajstić information content (AvgIpc) is 3.02. The fourth-order valence-corrected chi connectivity index (χ4v) is 4.34. The summed E-state index contributed by atoms with van der Waals surface area (Å²) in [4.78, 5) is 15.3. The largest absolute Gasteiger partial charge is 0.334 e. The molecule has 1 aliphatic rings. The molecular formula is C16H16BrNOS. The van der Waals surface area contributed by atoms with Crippen molar-refractivity contribution in [2.75, 3.05) is 7.05 Å². The quantitative estimate of drug-likeness (QED) is 0.776.